The van der Waals surface area contributed by atoms with Gasteiger partial charge in [0.25, 0.3) is 0 Å². The molecule has 2 atom stereocenters. The average Bonchev–Trinajstić information content (AvgIpc) is 2.46. The Morgan fingerprint density at radius 1 is 1.32 bits per heavy atom. The number of anilines is 1. The second kappa shape index (κ2) is 8.03. The van der Waals surface area contributed by atoms with Crippen LogP contribution < -0.4 is 14.8 Å². The summed E-state index contributed by atoms with van der Waals surface area (Å²) in [7, 11) is -2.10. The van der Waals surface area contributed by atoms with E-state index in [0.717, 1.165) is 6.42 Å². The minimum atomic E-state index is -3.61. The molecule has 2 unspecified atom stereocenters. The fraction of sp³-hybridized carbons (Fsp3) is 0.533. The topological polar surface area (TPSA) is 84.5 Å². The summed E-state index contributed by atoms with van der Waals surface area (Å²) in [6.45, 7) is 5.44. The van der Waals surface area contributed by atoms with Gasteiger partial charge in [-0.15, -0.1) is 0 Å². The number of methoxy groups -OCH3 is 1. The van der Waals surface area contributed by atoms with Gasteiger partial charge in [-0.25, -0.2) is 8.42 Å². The van der Waals surface area contributed by atoms with Crippen LogP contribution in [0.25, 0.3) is 0 Å². The van der Waals surface area contributed by atoms with Crippen LogP contribution in [0.5, 0.6) is 5.75 Å². The molecule has 124 valence electrons. The van der Waals surface area contributed by atoms with Gasteiger partial charge in [-0.05, 0) is 25.5 Å². The van der Waals surface area contributed by atoms with E-state index in [-0.39, 0.29) is 17.7 Å². The summed E-state index contributed by atoms with van der Waals surface area (Å²) in [5.41, 5.74) is 0.411. The number of hydrogen-bond acceptors (Lipinski definition) is 4. The maximum absolute atomic E-state index is 12.1. The van der Waals surface area contributed by atoms with E-state index >= 15 is 0 Å². The second-order valence-electron chi connectivity index (χ2n) is 5.33. The molecule has 7 heteroatoms. The van der Waals surface area contributed by atoms with Gasteiger partial charge in [-0.2, -0.15) is 0 Å². The highest BCUT2D eigenvalue weighted by Gasteiger charge is 2.22. The third-order valence-corrected chi connectivity index (χ3v) is 4.75. The highest BCUT2D eigenvalue weighted by atomic mass is 32.2. The van der Waals surface area contributed by atoms with Gasteiger partial charge in [-0.1, -0.05) is 19.9 Å². The van der Waals surface area contributed by atoms with E-state index in [0.29, 0.717) is 11.4 Å². The maximum atomic E-state index is 12.1. The number of carbonyl (C=O) groups is 1. The zero-order valence-corrected chi connectivity index (χ0v) is 14.2. The minimum absolute atomic E-state index is 0.0315. The Kier molecular flexibility index (Phi) is 6.67. The number of ether oxygens (including phenoxy) is 1. The monoisotopic (exact) mass is 328 g/mol. The van der Waals surface area contributed by atoms with Crippen LogP contribution in [0.1, 0.15) is 27.2 Å². The van der Waals surface area contributed by atoms with E-state index in [2.05, 4.69) is 10.0 Å². The van der Waals surface area contributed by atoms with Crippen molar-refractivity contribution in [1.29, 1.82) is 0 Å². The normalized spacial score (nSPS) is 14.0. The molecule has 1 aromatic rings. The highest BCUT2D eigenvalue weighted by Crippen LogP contribution is 2.18. The molecular formula is C15H24N2O4S. The van der Waals surface area contributed by atoms with Crippen molar-refractivity contribution < 1.29 is 17.9 Å². The lowest BCUT2D eigenvalue weighted by atomic mass is 10.2. The first-order chi connectivity index (χ1) is 10.3. The van der Waals surface area contributed by atoms with Gasteiger partial charge in [0.2, 0.25) is 15.9 Å². The number of rotatable bonds is 8. The van der Waals surface area contributed by atoms with Crippen molar-refractivity contribution >= 4 is 21.6 Å². The molecule has 0 aromatic heterocycles. The molecule has 0 aliphatic rings. The van der Waals surface area contributed by atoms with Gasteiger partial charge >= 0.3 is 0 Å². The summed E-state index contributed by atoms with van der Waals surface area (Å²) in [4.78, 5) is 11.9. The van der Waals surface area contributed by atoms with Crippen LogP contribution in [0.15, 0.2) is 24.3 Å². The number of amides is 1. The van der Waals surface area contributed by atoms with E-state index < -0.39 is 15.9 Å². The molecule has 1 amide bonds. The Morgan fingerprint density at radius 3 is 2.59 bits per heavy atom. The van der Waals surface area contributed by atoms with Crippen LogP contribution in [0.2, 0.25) is 0 Å². The molecule has 1 aromatic carbocycles. The Hall–Kier alpha value is -1.76. The second-order valence-corrected chi connectivity index (χ2v) is 7.10. The van der Waals surface area contributed by atoms with Crippen LogP contribution in [0, 0.1) is 5.92 Å². The van der Waals surface area contributed by atoms with E-state index in [4.69, 9.17) is 4.74 Å². The third kappa shape index (κ3) is 5.93. The van der Waals surface area contributed by atoms with Crippen molar-refractivity contribution in [2.75, 3.05) is 17.6 Å². The first-order valence-electron chi connectivity index (χ1n) is 7.22. The number of benzene rings is 1. The summed E-state index contributed by atoms with van der Waals surface area (Å²) < 4.78 is 31.8. The fourth-order valence-electron chi connectivity index (χ4n) is 1.80. The lowest BCUT2D eigenvalue weighted by molar-refractivity contribution is -0.124. The summed E-state index contributed by atoms with van der Waals surface area (Å²) in [6.07, 6.45) is 0.799. The Bertz CT molecular complexity index is 601. The van der Waals surface area contributed by atoms with Crippen molar-refractivity contribution in [1.82, 2.24) is 5.32 Å². The van der Waals surface area contributed by atoms with Crippen LogP contribution in [-0.4, -0.2) is 33.2 Å². The summed E-state index contributed by atoms with van der Waals surface area (Å²) in [5, 5.41) is 2.78. The molecule has 0 bridgehead atoms. The standard InChI is InChI=1S/C15H24N2O4S/c1-5-12(3)16-15(18)11(2)10-22(19,20)17-13-7-6-8-14(9-13)21-4/h6-9,11-12,17H,5,10H2,1-4H3,(H,16,18). The number of sulfonamides is 1. The van der Waals surface area contributed by atoms with Crippen molar-refractivity contribution in [3.8, 4) is 5.75 Å². The van der Waals surface area contributed by atoms with Crippen molar-refractivity contribution in [3.05, 3.63) is 24.3 Å². The van der Waals surface area contributed by atoms with Crippen LogP contribution in [0.3, 0.4) is 0 Å². The number of carbonyl (C=O) groups excluding carboxylic acids is 1. The molecule has 1 rings (SSSR count). The van der Waals surface area contributed by atoms with Crippen molar-refractivity contribution in [3.63, 3.8) is 0 Å². The zero-order valence-electron chi connectivity index (χ0n) is 13.4. The molecule has 0 aliphatic carbocycles. The average molecular weight is 328 g/mol. The van der Waals surface area contributed by atoms with Crippen LogP contribution in [0.4, 0.5) is 5.69 Å². The van der Waals surface area contributed by atoms with Gasteiger partial charge in [0.15, 0.2) is 0 Å². The largest absolute Gasteiger partial charge is 0.497 e. The highest BCUT2D eigenvalue weighted by molar-refractivity contribution is 7.92. The lowest BCUT2D eigenvalue weighted by Gasteiger charge is -2.17. The molecule has 2 N–H and O–H groups in total. The molecule has 0 aliphatic heterocycles. The van der Waals surface area contributed by atoms with Crippen molar-refractivity contribution in [2.24, 2.45) is 5.92 Å². The summed E-state index contributed by atoms with van der Waals surface area (Å²) in [6, 6.07) is 6.66. The van der Waals surface area contributed by atoms with Gasteiger partial charge in [0.05, 0.1) is 24.5 Å². The van der Waals surface area contributed by atoms with Gasteiger partial charge in [-0.3, -0.25) is 9.52 Å². The predicted octanol–water partition coefficient (Wildman–Crippen LogP) is 1.99. The molecule has 22 heavy (non-hydrogen) atoms. The van der Waals surface area contributed by atoms with Gasteiger partial charge in [0, 0.05) is 12.1 Å². The van der Waals surface area contributed by atoms with Crippen LogP contribution in [-0.2, 0) is 14.8 Å². The molecule has 6 nitrogen and oxygen atoms in total. The quantitative estimate of drug-likeness (QED) is 0.764. The minimum Gasteiger partial charge on any atom is -0.497 e. The Balaban J connectivity index is 2.68. The first-order valence-corrected chi connectivity index (χ1v) is 8.87. The fourth-order valence-corrected chi connectivity index (χ4v) is 3.18. The van der Waals surface area contributed by atoms with E-state index in [1.165, 1.54) is 7.11 Å². The molecule has 0 saturated carbocycles. The number of nitrogens with one attached hydrogen (secondary N) is 2. The van der Waals surface area contributed by atoms with Gasteiger partial charge < -0.3 is 10.1 Å². The zero-order chi connectivity index (χ0) is 16.8. The molecule has 0 saturated heterocycles. The molecular weight excluding hydrogens is 304 g/mol. The van der Waals surface area contributed by atoms with E-state index in [1.54, 1.807) is 31.2 Å². The SMILES string of the molecule is CCC(C)NC(=O)C(C)CS(=O)(=O)Nc1cccc(OC)c1. The molecule has 0 radical (unpaired) electrons. The maximum Gasteiger partial charge on any atom is 0.233 e. The number of hydrogen-bond donors (Lipinski definition) is 2. The van der Waals surface area contributed by atoms with Crippen LogP contribution >= 0.6 is 0 Å². The predicted molar refractivity (Wildman–Crippen MR) is 87.5 cm³/mol. The van der Waals surface area contributed by atoms with E-state index in [1.807, 2.05) is 13.8 Å². The van der Waals surface area contributed by atoms with Crippen molar-refractivity contribution in [2.45, 2.75) is 33.2 Å². The molecule has 0 heterocycles. The van der Waals surface area contributed by atoms with Gasteiger partial charge in [0.1, 0.15) is 5.75 Å². The first kappa shape index (κ1) is 18.3. The molecule has 0 fully saturated rings. The summed E-state index contributed by atoms with van der Waals surface area (Å²) >= 11 is 0. The summed E-state index contributed by atoms with van der Waals surface area (Å²) in [5.74, 6) is -0.600. The third-order valence-electron chi connectivity index (χ3n) is 3.26. The Morgan fingerprint density at radius 2 is 2.00 bits per heavy atom. The molecule has 0 spiro atoms. The van der Waals surface area contributed by atoms with E-state index in [9.17, 15) is 13.2 Å². The Labute approximate surface area is 132 Å². The smallest absolute Gasteiger partial charge is 0.233 e. The lowest BCUT2D eigenvalue weighted by Crippen LogP contribution is -2.39.